The van der Waals surface area contributed by atoms with Crippen molar-refractivity contribution in [1.82, 2.24) is 15.1 Å². The number of benzene rings is 1. The van der Waals surface area contributed by atoms with Gasteiger partial charge in [-0.1, -0.05) is 18.2 Å². The number of nitrogens with one attached hydrogen (secondary N) is 2. The van der Waals surface area contributed by atoms with Crippen LogP contribution in [0.5, 0.6) is 0 Å². The second-order valence-electron chi connectivity index (χ2n) is 5.46. The minimum atomic E-state index is -0.105. The molecule has 5 nitrogen and oxygen atoms in total. The summed E-state index contributed by atoms with van der Waals surface area (Å²) in [7, 11) is 1.81. The van der Waals surface area contributed by atoms with E-state index >= 15 is 0 Å². The maximum absolute atomic E-state index is 11.9. The molecule has 1 unspecified atom stereocenters. The molecule has 21 heavy (non-hydrogen) atoms. The van der Waals surface area contributed by atoms with Crippen LogP contribution >= 0.6 is 0 Å². The Hall–Kier alpha value is -2.30. The third-order valence-corrected chi connectivity index (χ3v) is 3.86. The SMILES string of the molecule is Cn1ccc(C(=O)NCCC2CCc3ccccc3N2)n1. The van der Waals surface area contributed by atoms with Gasteiger partial charge < -0.3 is 10.6 Å². The van der Waals surface area contributed by atoms with Crippen LogP contribution in [0.2, 0.25) is 0 Å². The number of hydrogen-bond donors (Lipinski definition) is 2. The van der Waals surface area contributed by atoms with Crippen molar-refractivity contribution in [3.8, 4) is 0 Å². The average Bonchev–Trinajstić information content (AvgIpc) is 2.94. The van der Waals surface area contributed by atoms with Gasteiger partial charge in [-0.15, -0.1) is 0 Å². The highest BCUT2D eigenvalue weighted by Crippen LogP contribution is 2.25. The third-order valence-electron chi connectivity index (χ3n) is 3.86. The van der Waals surface area contributed by atoms with Gasteiger partial charge in [0.05, 0.1) is 0 Å². The smallest absolute Gasteiger partial charge is 0.271 e. The fourth-order valence-electron chi connectivity index (χ4n) is 2.70. The van der Waals surface area contributed by atoms with Crippen molar-refractivity contribution in [1.29, 1.82) is 0 Å². The number of rotatable bonds is 4. The van der Waals surface area contributed by atoms with Gasteiger partial charge in [0.2, 0.25) is 0 Å². The van der Waals surface area contributed by atoms with Gasteiger partial charge in [-0.2, -0.15) is 5.10 Å². The summed E-state index contributed by atoms with van der Waals surface area (Å²) >= 11 is 0. The molecule has 0 saturated heterocycles. The molecular formula is C16H20N4O. The molecule has 2 heterocycles. The summed E-state index contributed by atoms with van der Waals surface area (Å²) in [6.07, 6.45) is 4.90. The van der Waals surface area contributed by atoms with Crippen molar-refractivity contribution in [3.63, 3.8) is 0 Å². The lowest BCUT2D eigenvalue weighted by Crippen LogP contribution is -2.32. The molecule has 0 spiro atoms. The van der Waals surface area contributed by atoms with Gasteiger partial charge in [0, 0.05) is 31.5 Å². The molecule has 1 aliphatic heterocycles. The lowest BCUT2D eigenvalue weighted by atomic mass is 9.96. The van der Waals surface area contributed by atoms with Gasteiger partial charge in [-0.25, -0.2) is 0 Å². The average molecular weight is 284 g/mol. The summed E-state index contributed by atoms with van der Waals surface area (Å²) in [5.41, 5.74) is 3.08. The number of carbonyl (C=O) groups excluding carboxylic acids is 1. The Balaban J connectivity index is 1.47. The zero-order valence-electron chi connectivity index (χ0n) is 12.2. The normalized spacial score (nSPS) is 16.9. The Morgan fingerprint density at radius 1 is 1.43 bits per heavy atom. The molecule has 0 bridgehead atoms. The maximum Gasteiger partial charge on any atom is 0.271 e. The number of aromatic nitrogens is 2. The quantitative estimate of drug-likeness (QED) is 0.902. The second-order valence-corrected chi connectivity index (χ2v) is 5.46. The Morgan fingerprint density at radius 2 is 2.29 bits per heavy atom. The molecule has 0 saturated carbocycles. The summed E-state index contributed by atoms with van der Waals surface area (Å²) in [5, 5.41) is 10.6. The van der Waals surface area contributed by atoms with E-state index in [-0.39, 0.29) is 5.91 Å². The van der Waals surface area contributed by atoms with Gasteiger partial charge >= 0.3 is 0 Å². The summed E-state index contributed by atoms with van der Waals surface area (Å²) in [6.45, 7) is 0.662. The molecule has 3 rings (SSSR count). The lowest BCUT2D eigenvalue weighted by Gasteiger charge is -2.27. The van der Waals surface area contributed by atoms with E-state index in [4.69, 9.17) is 0 Å². The molecule has 1 aromatic carbocycles. The van der Waals surface area contributed by atoms with E-state index in [9.17, 15) is 4.79 Å². The molecule has 2 aromatic rings. The van der Waals surface area contributed by atoms with Crippen LogP contribution in [0.3, 0.4) is 0 Å². The van der Waals surface area contributed by atoms with Gasteiger partial charge in [-0.05, 0) is 37.0 Å². The number of aryl methyl sites for hydroxylation is 2. The monoisotopic (exact) mass is 284 g/mol. The van der Waals surface area contributed by atoms with Crippen molar-refractivity contribution >= 4 is 11.6 Å². The van der Waals surface area contributed by atoms with Crippen molar-refractivity contribution in [2.75, 3.05) is 11.9 Å². The third kappa shape index (κ3) is 3.24. The van der Waals surface area contributed by atoms with Gasteiger partial charge in [-0.3, -0.25) is 9.48 Å². The minimum Gasteiger partial charge on any atom is -0.382 e. The first-order chi connectivity index (χ1) is 10.2. The predicted octanol–water partition coefficient (Wildman–Crippen LogP) is 1.97. The molecule has 1 amide bonds. The summed E-state index contributed by atoms with van der Waals surface area (Å²) in [6, 6.07) is 10.6. The van der Waals surface area contributed by atoms with Crippen molar-refractivity contribution in [2.45, 2.75) is 25.3 Å². The lowest BCUT2D eigenvalue weighted by molar-refractivity contribution is 0.0947. The number of amides is 1. The first kappa shape index (κ1) is 13.7. The molecule has 1 aliphatic rings. The molecule has 110 valence electrons. The molecule has 0 aliphatic carbocycles. The zero-order chi connectivity index (χ0) is 14.7. The number of hydrogen-bond acceptors (Lipinski definition) is 3. The van der Waals surface area contributed by atoms with Crippen LogP contribution in [0.15, 0.2) is 36.5 Å². The highest BCUT2D eigenvalue weighted by Gasteiger charge is 2.17. The number of nitrogens with zero attached hydrogens (tertiary/aromatic N) is 2. The first-order valence-corrected chi connectivity index (χ1v) is 7.34. The molecule has 2 N–H and O–H groups in total. The van der Waals surface area contributed by atoms with Crippen LogP contribution in [-0.2, 0) is 13.5 Å². The van der Waals surface area contributed by atoms with Gasteiger partial charge in [0.15, 0.2) is 0 Å². The van der Waals surface area contributed by atoms with Crippen LogP contribution in [0.25, 0.3) is 0 Å². The Kier molecular flexibility index (Phi) is 3.90. The second kappa shape index (κ2) is 5.99. The van der Waals surface area contributed by atoms with E-state index in [2.05, 4.69) is 40.0 Å². The fraction of sp³-hybridized carbons (Fsp3) is 0.375. The van der Waals surface area contributed by atoms with Gasteiger partial charge in [0.25, 0.3) is 5.91 Å². The Bertz CT molecular complexity index is 635. The largest absolute Gasteiger partial charge is 0.382 e. The van der Waals surface area contributed by atoms with Crippen LogP contribution in [-0.4, -0.2) is 28.3 Å². The van der Waals surface area contributed by atoms with Crippen LogP contribution in [0.4, 0.5) is 5.69 Å². The fourth-order valence-corrected chi connectivity index (χ4v) is 2.70. The zero-order valence-corrected chi connectivity index (χ0v) is 12.2. The van der Waals surface area contributed by atoms with E-state index in [0.29, 0.717) is 18.3 Å². The van der Waals surface area contributed by atoms with Gasteiger partial charge in [0.1, 0.15) is 5.69 Å². The first-order valence-electron chi connectivity index (χ1n) is 7.34. The Labute approximate surface area is 124 Å². The summed E-state index contributed by atoms with van der Waals surface area (Å²) in [4.78, 5) is 11.9. The van der Waals surface area contributed by atoms with Crippen molar-refractivity contribution < 1.29 is 4.79 Å². The molecule has 5 heteroatoms. The van der Waals surface area contributed by atoms with Crippen LogP contribution < -0.4 is 10.6 Å². The minimum absolute atomic E-state index is 0.105. The molecule has 1 aromatic heterocycles. The van der Waals surface area contributed by atoms with E-state index < -0.39 is 0 Å². The number of para-hydroxylation sites is 1. The number of fused-ring (bicyclic) bond motifs is 1. The highest BCUT2D eigenvalue weighted by atomic mass is 16.1. The van der Waals surface area contributed by atoms with Crippen molar-refractivity contribution in [2.24, 2.45) is 7.05 Å². The maximum atomic E-state index is 11.9. The molecule has 0 fully saturated rings. The van der Waals surface area contributed by atoms with E-state index in [1.165, 1.54) is 11.3 Å². The standard InChI is InChI=1S/C16H20N4O/c1-20-11-9-15(19-20)16(21)17-10-8-13-7-6-12-4-2-3-5-14(12)18-13/h2-5,9,11,13,18H,6-8,10H2,1H3,(H,17,21). The van der Waals surface area contributed by atoms with E-state index in [1.54, 1.807) is 24.0 Å². The molecular weight excluding hydrogens is 264 g/mol. The summed E-state index contributed by atoms with van der Waals surface area (Å²) in [5.74, 6) is -0.105. The number of anilines is 1. The topological polar surface area (TPSA) is 59.0 Å². The molecule has 1 atom stereocenters. The predicted molar refractivity (Wildman–Crippen MR) is 82.3 cm³/mol. The molecule has 0 radical (unpaired) electrons. The van der Waals surface area contributed by atoms with Crippen LogP contribution in [0.1, 0.15) is 28.9 Å². The van der Waals surface area contributed by atoms with E-state index in [0.717, 1.165) is 19.3 Å². The summed E-state index contributed by atoms with van der Waals surface area (Å²) < 4.78 is 1.63. The van der Waals surface area contributed by atoms with Crippen LogP contribution in [0, 0.1) is 0 Å². The number of carbonyl (C=O) groups is 1. The highest BCUT2D eigenvalue weighted by molar-refractivity contribution is 5.92. The van der Waals surface area contributed by atoms with Crippen molar-refractivity contribution in [3.05, 3.63) is 47.8 Å². The Morgan fingerprint density at radius 3 is 3.10 bits per heavy atom. The van der Waals surface area contributed by atoms with E-state index in [1.807, 2.05) is 0 Å².